The van der Waals surface area contributed by atoms with Gasteiger partial charge in [-0.3, -0.25) is 9.78 Å². The molecule has 0 saturated heterocycles. The molecule has 2 aromatic rings. The lowest BCUT2D eigenvalue weighted by atomic mass is 10.0. The first kappa shape index (κ1) is 11.5. The standard InChI is InChI=1S/C14H12FNO/c1-10-12(6-4-8-16-10)14(17)9-11-5-2-3-7-13(11)15/h2-8H,9H2,1H3. The summed E-state index contributed by atoms with van der Waals surface area (Å²) in [5.41, 5.74) is 1.64. The third-order valence-electron chi connectivity index (χ3n) is 2.62. The van der Waals surface area contributed by atoms with E-state index in [9.17, 15) is 9.18 Å². The molecule has 1 heterocycles. The van der Waals surface area contributed by atoms with Crippen molar-refractivity contribution in [3.63, 3.8) is 0 Å². The number of rotatable bonds is 3. The van der Waals surface area contributed by atoms with Gasteiger partial charge in [0.15, 0.2) is 5.78 Å². The Hall–Kier alpha value is -2.03. The molecular weight excluding hydrogens is 217 g/mol. The van der Waals surface area contributed by atoms with Gasteiger partial charge in [0, 0.05) is 23.9 Å². The molecule has 0 radical (unpaired) electrons. The maximum Gasteiger partial charge on any atom is 0.169 e. The Morgan fingerprint density at radius 2 is 2.00 bits per heavy atom. The third-order valence-corrected chi connectivity index (χ3v) is 2.62. The highest BCUT2D eigenvalue weighted by molar-refractivity contribution is 5.98. The van der Waals surface area contributed by atoms with Crippen LogP contribution in [0.3, 0.4) is 0 Å². The van der Waals surface area contributed by atoms with Crippen molar-refractivity contribution < 1.29 is 9.18 Å². The number of hydrogen-bond acceptors (Lipinski definition) is 2. The van der Waals surface area contributed by atoms with Crippen LogP contribution in [0.5, 0.6) is 0 Å². The number of nitrogens with zero attached hydrogens (tertiary/aromatic N) is 1. The Balaban J connectivity index is 2.24. The van der Waals surface area contributed by atoms with E-state index in [1.807, 2.05) is 0 Å². The summed E-state index contributed by atoms with van der Waals surface area (Å²) in [6.07, 6.45) is 1.70. The van der Waals surface area contributed by atoms with Crippen molar-refractivity contribution in [2.45, 2.75) is 13.3 Å². The zero-order valence-corrected chi connectivity index (χ0v) is 9.48. The second kappa shape index (κ2) is 4.87. The Morgan fingerprint density at radius 3 is 2.71 bits per heavy atom. The molecule has 0 atom stereocenters. The van der Waals surface area contributed by atoms with Gasteiger partial charge in [0.1, 0.15) is 5.82 Å². The minimum absolute atomic E-state index is 0.0687. The van der Waals surface area contributed by atoms with Crippen LogP contribution >= 0.6 is 0 Å². The van der Waals surface area contributed by atoms with Crippen LogP contribution in [-0.4, -0.2) is 10.8 Å². The fourth-order valence-corrected chi connectivity index (χ4v) is 1.69. The highest BCUT2D eigenvalue weighted by Gasteiger charge is 2.12. The van der Waals surface area contributed by atoms with E-state index in [4.69, 9.17) is 0 Å². The molecule has 0 saturated carbocycles. The molecule has 3 heteroatoms. The average Bonchev–Trinajstić information content (AvgIpc) is 2.32. The number of hydrogen-bond donors (Lipinski definition) is 0. The van der Waals surface area contributed by atoms with Gasteiger partial charge in [-0.25, -0.2) is 4.39 Å². The van der Waals surface area contributed by atoms with Crippen molar-refractivity contribution in [2.24, 2.45) is 0 Å². The van der Waals surface area contributed by atoms with E-state index in [2.05, 4.69) is 4.98 Å². The van der Waals surface area contributed by atoms with Crippen molar-refractivity contribution in [1.29, 1.82) is 0 Å². The molecule has 2 rings (SSSR count). The van der Waals surface area contributed by atoms with Crippen molar-refractivity contribution in [3.8, 4) is 0 Å². The van der Waals surface area contributed by atoms with Crippen LogP contribution < -0.4 is 0 Å². The molecule has 0 fully saturated rings. The number of benzene rings is 1. The summed E-state index contributed by atoms with van der Waals surface area (Å²) in [7, 11) is 0. The van der Waals surface area contributed by atoms with Crippen LogP contribution in [0.2, 0.25) is 0 Å². The van der Waals surface area contributed by atoms with Crippen molar-refractivity contribution in [2.75, 3.05) is 0 Å². The number of pyridine rings is 1. The zero-order valence-electron chi connectivity index (χ0n) is 9.48. The molecule has 86 valence electrons. The summed E-state index contributed by atoms with van der Waals surface area (Å²) in [5.74, 6) is -0.455. The van der Waals surface area contributed by atoms with E-state index in [0.29, 0.717) is 16.8 Å². The lowest BCUT2D eigenvalue weighted by Gasteiger charge is -2.04. The SMILES string of the molecule is Cc1ncccc1C(=O)Cc1ccccc1F. The lowest BCUT2D eigenvalue weighted by molar-refractivity contribution is 0.0991. The van der Waals surface area contributed by atoms with E-state index in [0.717, 1.165) is 0 Å². The number of aryl methyl sites for hydroxylation is 1. The normalized spacial score (nSPS) is 10.2. The van der Waals surface area contributed by atoms with Gasteiger partial charge in [0.25, 0.3) is 0 Å². The first-order valence-electron chi connectivity index (χ1n) is 5.36. The fourth-order valence-electron chi connectivity index (χ4n) is 1.69. The summed E-state index contributed by atoms with van der Waals surface area (Å²) >= 11 is 0. The maximum atomic E-state index is 13.4. The van der Waals surface area contributed by atoms with Gasteiger partial charge in [0.05, 0.1) is 0 Å². The van der Waals surface area contributed by atoms with E-state index in [1.165, 1.54) is 6.07 Å². The van der Waals surface area contributed by atoms with Crippen molar-refractivity contribution in [1.82, 2.24) is 4.98 Å². The molecule has 0 aliphatic heterocycles. The molecule has 1 aromatic carbocycles. The summed E-state index contributed by atoms with van der Waals surface area (Å²) in [4.78, 5) is 16.0. The molecule has 1 aromatic heterocycles. The topological polar surface area (TPSA) is 30.0 Å². The monoisotopic (exact) mass is 229 g/mol. The highest BCUT2D eigenvalue weighted by Crippen LogP contribution is 2.12. The molecule has 0 amide bonds. The molecule has 0 unspecified atom stereocenters. The van der Waals surface area contributed by atoms with Gasteiger partial charge in [0.2, 0.25) is 0 Å². The Bertz CT molecular complexity index is 551. The number of halogens is 1. The number of ketones is 1. The average molecular weight is 229 g/mol. The molecular formula is C14H12FNO. The van der Waals surface area contributed by atoms with E-state index >= 15 is 0 Å². The maximum absolute atomic E-state index is 13.4. The van der Waals surface area contributed by atoms with Crippen LogP contribution in [-0.2, 0) is 6.42 Å². The quantitative estimate of drug-likeness (QED) is 0.757. The summed E-state index contributed by atoms with van der Waals surface area (Å²) in [5, 5.41) is 0. The summed E-state index contributed by atoms with van der Waals surface area (Å²) in [6, 6.07) is 9.74. The largest absolute Gasteiger partial charge is 0.294 e. The van der Waals surface area contributed by atoms with Gasteiger partial charge in [-0.2, -0.15) is 0 Å². The van der Waals surface area contributed by atoms with Gasteiger partial charge in [-0.05, 0) is 30.7 Å². The number of aromatic nitrogens is 1. The van der Waals surface area contributed by atoms with Crippen LogP contribution in [0.15, 0.2) is 42.6 Å². The second-order valence-corrected chi connectivity index (χ2v) is 3.83. The Kier molecular flexibility index (Phi) is 3.28. The Morgan fingerprint density at radius 1 is 1.24 bits per heavy atom. The van der Waals surface area contributed by atoms with E-state index < -0.39 is 0 Å². The Labute approximate surface area is 99.1 Å². The first-order valence-corrected chi connectivity index (χ1v) is 5.36. The molecule has 0 N–H and O–H groups in total. The minimum Gasteiger partial charge on any atom is -0.294 e. The molecule has 0 aliphatic rings. The lowest BCUT2D eigenvalue weighted by Crippen LogP contribution is -2.07. The van der Waals surface area contributed by atoms with Crippen LogP contribution in [0.1, 0.15) is 21.6 Å². The van der Waals surface area contributed by atoms with Crippen LogP contribution in [0.25, 0.3) is 0 Å². The summed E-state index contributed by atoms with van der Waals surface area (Å²) in [6.45, 7) is 1.77. The van der Waals surface area contributed by atoms with Gasteiger partial charge < -0.3 is 0 Å². The van der Waals surface area contributed by atoms with Crippen molar-refractivity contribution in [3.05, 3.63) is 65.2 Å². The molecule has 2 nitrogen and oxygen atoms in total. The predicted octanol–water partition coefficient (Wildman–Crippen LogP) is 2.95. The van der Waals surface area contributed by atoms with Crippen molar-refractivity contribution >= 4 is 5.78 Å². The molecule has 0 bridgehead atoms. The summed E-state index contributed by atoms with van der Waals surface area (Å²) < 4.78 is 13.4. The first-order chi connectivity index (χ1) is 8.18. The minimum atomic E-state index is -0.345. The predicted molar refractivity (Wildman–Crippen MR) is 63.4 cm³/mol. The molecule has 0 spiro atoms. The third kappa shape index (κ3) is 2.56. The van der Waals surface area contributed by atoms with Gasteiger partial charge >= 0.3 is 0 Å². The second-order valence-electron chi connectivity index (χ2n) is 3.83. The van der Waals surface area contributed by atoms with Crippen LogP contribution in [0, 0.1) is 12.7 Å². The number of carbonyl (C=O) groups excluding carboxylic acids is 1. The zero-order chi connectivity index (χ0) is 12.3. The molecule has 0 aliphatic carbocycles. The van der Waals surface area contributed by atoms with E-state index in [-0.39, 0.29) is 18.0 Å². The van der Waals surface area contributed by atoms with E-state index in [1.54, 1.807) is 43.5 Å². The van der Waals surface area contributed by atoms with Gasteiger partial charge in [-0.15, -0.1) is 0 Å². The number of Topliss-reactive ketones (excluding diaryl/α,β-unsaturated/α-hetero) is 1. The van der Waals surface area contributed by atoms with Gasteiger partial charge in [-0.1, -0.05) is 18.2 Å². The fraction of sp³-hybridized carbons (Fsp3) is 0.143. The highest BCUT2D eigenvalue weighted by atomic mass is 19.1. The van der Waals surface area contributed by atoms with Crippen LogP contribution in [0.4, 0.5) is 4.39 Å². The molecule has 17 heavy (non-hydrogen) atoms. The number of carbonyl (C=O) groups is 1. The smallest absolute Gasteiger partial charge is 0.169 e.